The van der Waals surface area contributed by atoms with E-state index in [0.717, 1.165) is 47.4 Å². The van der Waals surface area contributed by atoms with Crippen molar-refractivity contribution in [2.75, 3.05) is 36.5 Å². The van der Waals surface area contributed by atoms with Gasteiger partial charge in [-0.2, -0.15) is 0 Å². The lowest BCUT2D eigenvalue weighted by Gasteiger charge is -2.29. The van der Waals surface area contributed by atoms with Gasteiger partial charge >= 0.3 is 0 Å². The molecule has 35 heavy (non-hydrogen) atoms. The van der Waals surface area contributed by atoms with E-state index in [1.54, 1.807) is 6.07 Å². The van der Waals surface area contributed by atoms with Crippen LogP contribution in [0.15, 0.2) is 56.8 Å². The molecule has 2 aliphatic heterocycles. The summed E-state index contributed by atoms with van der Waals surface area (Å²) >= 11 is 3.47. The fraction of sp³-hybridized carbons (Fsp3) is 0.292. The molecule has 182 valence electrons. The number of rotatable bonds is 5. The second-order valence-electron chi connectivity index (χ2n) is 8.56. The number of morpholine rings is 1. The zero-order valence-electron chi connectivity index (χ0n) is 19.2. The zero-order valence-corrected chi connectivity index (χ0v) is 21.6. The fourth-order valence-corrected chi connectivity index (χ4v) is 5.37. The van der Waals surface area contributed by atoms with Crippen LogP contribution in [0.25, 0.3) is 0 Å². The first-order chi connectivity index (χ1) is 16.8. The van der Waals surface area contributed by atoms with Crippen molar-refractivity contribution in [3.63, 3.8) is 0 Å². The van der Waals surface area contributed by atoms with Gasteiger partial charge in [-0.3, -0.25) is 0 Å². The number of nitrogens with zero attached hydrogens (tertiary/aromatic N) is 4. The number of aryl methyl sites for hydroxylation is 1. The number of hydrogen-bond acceptors (Lipinski definition) is 8. The quantitative estimate of drug-likeness (QED) is 0.494. The number of benzene rings is 2. The van der Waals surface area contributed by atoms with Gasteiger partial charge in [0, 0.05) is 29.7 Å². The summed E-state index contributed by atoms with van der Waals surface area (Å²) in [7, 11) is -3.78. The largest absolute Gasteiger partial charge is 0.378 e. The van der Waals surface area contributed by atoms with Gasteiger partial charge in [-0.05, 0) is 42.3 Å². The number of anilines is 2. The van der Waals surface area contributed by atoms with Gasteiger partial charge < -0.3 is 15.0 Å². The van der Waals surface area contributed by atoms with Crippen molar-refractivity contribution in [2.24, 2.45) is 10.1 Å². The number of sulfonamides is 1. The van der Waals surface area contributed by atoms with Crippen molar-refractivity contribution >= 4 is 49.0 Å². The van der Waals surface area contributed by atoms with Gasteiger partial charge in [0.15, 0.2) is 5.82 Å². The first-order valence-corrected chi connectivity index (χ1v) is 13.6. The molecule has 2 aliphatic rings. The van der Waals surface area contributed by atoms with Gasteiger partial charge in [0.1, 0.15) is 17.3 Å². The Labute approximate surface area is 212 Å². The number of aliphatic imine (C=N–C) groups is 1. The van der Waals surface area contributed by atoms with Gasteiger partial charge in [-0.1, -0.05) is 34.1 Å². The highest BCUT2D eigenvalue weighted by atomic mass is 79.9. The van der Waals surface area contributed by atoms with Crippen molar-refractivity contribution in [1.29, 1.82) is 0 Å². The van der Waals surface area contributed by atoms with Crippen molar-refractivity contribution in [3.05, 3.63) is 69.6 Å². The van der Waals surface area contributed by atoms with E-state index in [9.17, 15) is 8.42 Å². The van der Waals surface area contributed by atoms with Crippen molar-refractivity contribution in [2.45, 2.75) is 24.7 Å². The van der Waals surface area contributed by atoms with Crippen molar-refractivity contribution in [3.8, 4) is 0 Å². The smallest absolute Gasteiger partial charge is 0.238 e. The minimum atomic E-state index is -3.78. The summed E-state index contributed by atoms with van der Waals surface area (Å²) in [5.41, 5.74) is 4.67. The van der Waals surface area contributed by atoms with E-state index in [-0.39, 0.29) is 4.90 Å². The molecule has 3 N–H and O–H groups in total. The van der Waals surface area contributed by atoms with E-state index in [0.29, 0.717) is 36.4 Å². The summed E-state index contributed by atoms with van der Waals surface area (Å²) in [6, 6.07) is 12.9. The molecule has 1 fully saturated rings. The van der Waals surface area contributed by atoms with E-state index in [4.69, 9.17) is 24.8 Å². The van der Waals surface area contributed by atoms with Crippen LogP contribution >= 0.6 is 15.9 Å². The maximum absolute atomic E-state index is 11.7. The van der Waals surface area contributed by atoms with Crippen LogP contribution in [0.1, 0.15) is 22.6 Å². The number of halogens is 1. The highest BCUT2D eigenvalue weighted by Crippen LogP contribution is 2.36. The van der Waals surface area contributed by atoms with Gasteiger partial charge in [-0.15, -0.1) is 0 Å². The van der Waals surface area contributed by atoms with E-state index in [2.05, 4.69) is 45.2 Å². The molecule has 5 rings (SSSR count). The Morgan fingerprint density at radius 2 is 1.94 bits per heavy atom. The van der Waals surface area contributed by atoms with Crippen molar-refractivity contribution in [1.82, 2.24) is 9.97 Å². The van der Waals surface area contributed by atoms with Crippen LogP contribution < -0.4 is 15.4 Å². The predicted molar refractivity (Wildman–Crippen MR) is 139 cm³/mol. The summed E-state index contributed by atoms with van der Waals surface area (Å²) in [6.07, 6.45) is 0.998. The van der Waals surface area contributed by atoms with Gasteiger partial charge in [0.05, 0.1) is 30.2 Å². The van der Waals surface area contributed by atoms with Crippen LogP contribution in [0.5, 0.6) is 0 Å². The van der Waals surface area contributed by atoms with E-state index < -0.39 is 10.0 Å². The van der Waals surface area contributed by atoms with Crippen molar-refractivity contribution < 1.29 is 13.2 Å². The zero-order chi connectivity index (χ0) is 24.6. The normalized spacial score (nSPS) is 15.6. The lowest BCUT2D eigenvalue weighted by atomic mass is 10.1. The molecule has 0 bridgehead atoms. The Balaban J connectivity index is 1.47. The molecule has 0 saturated carbocycles. The average molecular weight is 557 g/mol. The highest BCUT2D eigenvalue weighted by Gasteiger charge is 2.26. The molecule has 0 spiro atoms. The van der Waals surface area contributed by atoms with Crippen LogP contribution in [0.3, 0.4) is 0 Å². The topological polar surface area (TPSA) is 123 Å². The molecule has 0 aliphatic carbocycles. The summed E-state index contributed by atoms with van der Waals surface area (Å²) in [5, 5.41) is 8.68. The molecule has 0 radical (unpaired) electrons. The summed E-state index contributed by atoms with van der Waals surface area (Å²) < 4.78 is 29.5. The number of ether oxygens (including phenoxy) is 1. The number of hydrogen-bond donors (Lipinski definition) is 2. The first kappa shape index (κ1) is 23.9. The number of nitrogens with two attached hydrogens (primary N) is 1. The molecule has 2 aromatic carbocycles. The maximum atomic E-state index is 11.7. The Hall–Kier alpha value is -2.86. The van der Waals surface area contributed by atoms with Gasteiger partial charge in [0.2, 0.25) is 10.0 Å². The molecular weight excluding hydrogens is 532 g/mol. The summed E-state index contributed by atoms with van der Waals surface area (Å²) in [5.74, 6) is 2.26. The van der Waals surface area contributed by atoms with Crippen LogP contribution in [0.2, 0.25) is 0 Å². The molecule has 11 heteroatoms. The monoisotopic (exact) mass is 556 g/mol. The van der Waals surface area contributed by atoms with Crippen LogP contribution in [-0.2, 0) is 27.6 Å². The summed E-state index contributed by atoms with van der Waals surface area (Å²) in [6.45, 7) is 4.77. The molecule has 9 nitrogen and oxygen atoms in total. The van der Waals surface area contributed by atoms with E-state index in [1.165, 1.54) is 17.7 Å². The van der Waals surface area contributed by atoms with Crippen LogP contribution in [0.4, 0.5) is 17.2 Å². The average Bonchev–Trinajstić information content (AvgIpc) is 3.22. The minimum Gasteiger partial charge on any atom is -0.378 e. The predicted octanol–water partition coefficient (Wildman–Crippen LogP) is 3.32. The minimum absolute atomic E-state index is 0.0530. The second kappa shape index (κ2) is 9.65. The van der Waals surface area contributed by atoms with Gasteiger partial charge in [0.25, 0.3) is 0 Å². The Morgan fingerprint density at radius 3 is 2.66 bits per heavy atom. The van der Waals surface area contributed by atoms with Gasteiger partial charge in [-0.25, -0.2) is 28.5 Å². The third-order valence-electron chi connectivity index (χ3n) is 5.88. The first-order valence-electron chi connectivity index (χ1n) is 11.2. The molecule has 3 heterocycles. The number of fused-ring (bicyclic) bond motifs is 1. The van der Waals surface area contributed by atoms with E-state index >= 15 is 0 Å². The van der Waals surface area contributed by atoms with E-state index in [1.807, 2.05) is 12.1 Å². The Kier molecular flexibility index (Phi) is 6.58. The number of amidine groups is 1. The Bertz CT molecular complexity index is 1420. The second-order valence-corrected chi connectivity index (χ2v) is 11.0. The number of nitrogens with one attached hydrogen (secondary N) is 1. The lowest BCUT2D eigenvalue weighted by Crippen LogP contribution is -2.37. The highest BCUT2D eigenvalue weighted by molar-refractivity contribution is 9.10. The van der Waals surface area contributed by atoms with Crippen LogP contribution in [-0.4, -0.2) is 50.5 Å². The Morgan fingerprint density at radius 1 is 1.14 bits per heavy atom. The summed E-state index contributed by atoms with van der Waals surface area (Å²) in [4.78, 5) is 16.8. The SMILES string of the molecule is Cc1cccc(NC2=Nc3c(nc(Cc4ccc(S(N)(=O)=O)cc4Br)nc3N3CCOCC3)C2)c1. The maximum Gasteiger partial charge on any atom is 0.238 e. The number of aromatic nitrogens is 2. The molecular formula is C24H25BrN6O3S. The molecule has 0 atom stereocenters. The molecule has 3 aromatic rings. The van der Waals surface area contributed by atoms with Crippen LogP contribution in [0, 0.1) is 6.92 Å². The fourth-order valence-electron chi connectivity index (χ4n) is 4.16. The third-order valence-corrected chi connectivity index (χ3v) is 7.53. The lowest BCUT2D eigenvalue weighted by molar-refractivity contribution is 0.122. The third kappa shape index (κ3) is 5.37. The number of primary sulfonamides is 1. The molecule has 1 aromatic heterocycles. The standard InChI is InChI=1S/C24H25BrN6O3S/c1-15-3-2-4-17(11-15)27-22-14-20-23(29-22)24(31-7-9-34-10-8-31)30-21(28-20)12-16-5-6-18(13-19(16)25)35(26,32)33/h2-6,11,13H,7-10,12,14H2,1H3,(H,27,29)(H2,26,32,33). The molecule has 0 unspecified atom stereocenters. The molecule has 0 amide bonds. The molecule has 1 saturated heterocycles.